The fourth-order valence-electron chi connectivity index (χ4n) is 2.92. The van der Waals surface area contributed by atoms with E-state index in [4.69, 9.17) is 0 Å². The first-order valence-corrected chi connectivity index (χ1v) is 8.17. The van der Waals surface area contributed by atoms with Crippen LogP contribution in [-0.2, 0) is 11.3 Å². The maximum Gasteiger partial charge on any atom is 0.244 e. The molecule has 1 aliphatic carbocycles. The van der Waals surface area contributed by atoms with E-state index in [9.17, 15) is 9.18 Å². The second-order valence-electron chi connectivity index (χ2n) is 6.67. The van der Waals surface area contributed by atoms with Crippen LogP contribution in [0.1, 0.15) is 41.8 Å². The summed E-state index contributed by atoms with van der Waals surface area (Å²) in [5.74, 6) is 0.0622. The van der Waals surface area contributed by atoms with Crippen molar-refractivity contribution in [2.24, 2.45) is 0 Å². The minimum absolute atomic E-state index is 0.146. The Morgan fingerprint density at radius 1 is 1.33 bits per heavy atom. The summed E-state index contributed by atoms with van der Waals surface area (Å²) >= 11 is 0. The molecule has 1 aromatic heterocycles. The molecule has 1 aromatic carbocycles. The molecule has 0 unspecified atom stereocenters. The molecule has 5 nitrogen and oxygen atoms in total. The maximum absolute atomic E-state index is 14.1. The highest BCUT2D eigenvalue weighted by atomic mass is 19.1. The largest absolute Gasteiger partial charge is 0.338 e. The van der Waals surface area contributed by atoms with Crippen molar-refractivity contribution in [2.45, 2.75) is 31.3 Å². The highest BCUT2D eigenvalue weighted by molar-refractivity contribution is 5.83. The Kier molecular flexibility index (Phi) is 4.66. The van der Waals surface area contributed by atoms with Gasteiger partial charge in [0.05, 0.1) is 17.9 Å². The molecule has 1 atom stereocenters. The van der Waals surface area contributed by atoms with Crippen LogP contribution in [-0.4, -0.2) is 47.0 Å². The van der Waals surface area contributed by atoms with Crippen LogP contribution in [0.4, 0.5) is 4.39 Å². The van der Waals surface area contributed by atoms with Gasteiger partial charge in [0.15, 0.2) is 0 Å². The average Bonchev–Trinajstić information content (AvgIpc) is 3.29. The minimum Gasteiger partial charge on any atom is -0.338 e. The molecule has 0 saturated heterocycles. The van der Waals surface area contributed by atoms with E-state index in [0.29, 0.717) is 18.0 Å². The first-order valence-electron chi connectivity index (χ1n) is 8.17. The molecule has 1 heterocycles. The number of nitrogens with zero attached hydrogens (tertiary/aromatic N) is 3. The molecule has 3 rings (SSSR count). The third-order valence-electron chi connectivity index (χ3n) is 4.38. The van der Waals surface area contributed by atoms with Crippen molar-refractivity contribution in [3.05, 3.63) is 53.1 Å². The average molecular weight is 330 g/mol. The Balaban J connectivity index is 1.75. The number of hydrogen-bond donors (Lipinski definition) is 1. The number of carbonyl (C=O) groups excluding carboxylic acids is 1. The number of hydrogen-bond acceptors (Lipinski definition) is 3. The van der Waals surface area contributed by atoms with Crippen molar-refractivity contribution in [3.63, 3.8) is 0 Å². The molecule has 24 heavy (non-hydrogen) atoms. The van der Waals surface area contributed by atoms with Gasteiger partial charge in [-0.2, -0.15) is 5.10 Å². The van der Waals surface area contributed by atoms with E-state index in [2.05, 4.69) is 10.2 Å². The van der Waals surface area contributed by atoms with Gasteiger partial charge in [0.1, 0.15) is 11.9 Å². The number of aromatic nitrogens is 2. The monoisotopic (exact) mass is 330 g/mol. The molecule has 128 valence electrons. The van der Waals surface area contributed by atoms with Crippen molar-refractivity contribution < 1.29 is 9.18 Å². The Labute approximate surface area is 141 Å². The lowest BCUT2D eigenvalue weighted by atomic mass is 10.0. The number of likely N-dealkylation sites (N-methyl/N-ethyl adjacent to an activating group) is 2. The summed E-state index contributed by atoms with van der Waals surface area (Å²) in [6, 6.07) is 7.79. The van der Waals surface area contributed by atoms with E-state index < -0.39 is 6.04 Å². The molecular weight excluding hydrogens is 307 g/mol. The van der Waals surface area contributed by atoms with Crippen LogP contribution in [0, 0.1) is 5.82 Å². The number of amides is 1. The van der Waals surface area contributed by atoms with Crippen LogP contribution in [0.3, 0.4) is 0 Å². The Hall–Kier alpha value is -2.21. The van der Waals surface area contributed by atoms with Gasteiger partial charge in [0, 0.05) is 18.5 Å². The number of aromatic amines is 1. The summed E-state index contributed by atoms with van der Waals surface area (Å²) in [4.78, 5) is 16.2. The quantitative estimate of drug-likeness (QED) is 0.886. The van der Waals surface area contributed by atoms with Crippen LogP contribution < -0.4 is 0 Å². The van der Waals surface area contributed by atoms with Crippen LogP contribution >= 0.6 is 0 Å². The standard InChI is InChI=1S/C18H23FN4O/c1-22(2)17(14-6-4-5-7-15(14)19)18(24)23(3)11-13-10-16(21-20-13)12-8-9-12/h4-7,10,12,17H,8-9,11H2,1-3H3,(H,20,21)/t17-/m1/s1. The van der Waals surface area contributed by atoms with Crippen molar-refractivity contribution in [2.75, 3.05) is 21.1 Å². The van der Waals surface area contributed by atoms with Crippen molar-refractivity contribution in [3.8, 4) is 0 Å². The fourth-order valence-corrected chi connectivity index (χ4v) is 2.92. The topological polar surface area (TPSA) is 52.2 Å². The van der Waals surface area contributed by atoms with E-state index in [1.165, 1.54) is 18.9 Å². The minimum atomic E-state index is -0.651. The third kappa shape index (κ3) is 3.48. The van der Waals surface area contributed by atoms with E-state index in [1.54, 1.807) is 49.1 Å². The van der Waals surface area contributed by atoms with Gasteiger partial charge in [-0.25, -0.2) is 4.39 Å². The number of nitrogens with one attached hydrogen (secondary N) is 1. The first kappa shape index (κ1) is 16.6. The van der Waals surface area contributed by atoms with E-state index >= 15 is 0 Å². The molecular formula is C18H23FN4O. The number of halogens is 1. The van der Waals surface area contributed by atoms with Gasteiger partial charge >= 0.3 is 0 Å². The number of H-pyrrole nitrogens is 1. The maximum atomic E-state index is 14.1. The molecule has 0 bridgehead atoms. The predicted octanol–water partition coefficient (Wildman–Crippen LogP) is 2.69. The summed E-state index contributed by atoms with van der Waals surface area (Å²) in [6.07, 6.45) is 2.38. The summed E-state index contributed by atoms with van der Waals surface area (Å²) in [6.45, 7) is 0.428. The van der Waals surface area contributed by atoms with Gasteiger partial charge in [-0.3, -0.25) is 14.8 Å². The molecule has 1 saturated carbocycles. The Morgan fingerprint density at radius 2 is 2.04 bits per heavy atom. The summed E-state index contributed by atoms with van der Waals surface area (Å²) in [5, 5.41) is 7.31. The first-order chi connectivity index (χ1) is 11.5. The molecule has 0 aliphatic heterocycles. The van der Waals surface area contributed by atoms with Crippen molar-refractivity contribution >= 4 is 5.91 Å². The van der Waals surface area contributed by atoms with Gasteiger partial charge in [0.2, 0.25) is 5.91 Å². The molecule has 0 radical (unpaired) electrons. The van der Waals surface area contributed by atoms with Gasteiger partial charge in [-0.1, -0.05) is 18.2 Å². The summed E-state index contributed by atoms with van der Waals surface area (Å²) in [5.41, 5.74) is 2.37. The van der Waals surface area contributed by atoms with Gasteiger partial charge in [-0.05, 0) is 39.1 Å². The van der Waals surface area contributed by atoms with E-state index in [1.807, 2.05) is 6.07 Å². The lowest BCUT2D eigenvalue weighted by molar-refractivity contribution is -0.135. The van der Waals surface area contributed by atoms with Gasteiger partial charge in [-0.15, -0.1) is 0 Å². The predicted molar refractivity (Wildman–Crippen MR) is 89.9 cm³/mol. The number of carbonyl (C=O) groups is 1. The Bertz CT molecular complexity index is 723. The lowest BCUT2D eigenvalue weighted by Crippen LogP contribution is -2.38. The van der Waals surface area contributed by atoms with Gasteiger partial charge < -0.3 is 4.90 Å². The second kappa shape index (κ2) is 6.73. The van der Waals surface area contributed by atoms with Crippen molar-refractivity contribution in [1.82, 2.24) is 20.0 Å². The highest BCUT2D eigenvalue weighted by Crippen LogP contribution is 2.39. The van der Waals surface area contributed by atoms with Crippen LogP contribution in [0.2, 0.25) is 0 Å². The normalized spacial score (nSPS) is 15.5. The highest BCUT2D eigenvalue weighted by Gasteiger charge is 2.29. The second-order valence-corrected chi connectivity index (χ2v) is 6.67. The van der Waals surface area contributed by atoms with Crippen LogP contribution in [0.5, 0.6) is 0 Å². The van der Waals surface area contributed by atoms with Crippen LogP contribution in [0.25, 0.3) is 0 Å². The molecule has 1 aliphatic rings. The van der Waals surface area contributed by atoms with Crippen molar-refractivity contribution in [1.29, 1.82) is 0 Å². The molecule has 2 aromatic rings. The number of benzene rings is 1. The molecule has 1 amide bonds. The zero-order valence-electron chi connectivity index (χ0n) is 14.3. The van der Waals surface area contributed by atoms with E-state index in [0.717, 1.165) is 11.4 Å². The van der Waals surface area contributed by atoms with E-state index in [-0.39, 0.29) is 11.7 Å². The Morgan fingerprint density at radius 3 is 2.67 bits per heavy atom. The molecule has 0 spiro atoms. The molecule has 6 heteroatoms. The zero-order chi connectivity index (χ0) is 17.3. The summed E-state index contributed by atoms with van der Waals surface area (Å²) in [7, 11) is 5.30. The third-order valence-corrected chi connectivity index (χ3v) is 4.38. The fraction of sp³-hybridized carbons (Fsp3) is 0.444. The van der Waals surface area contributed by atoms with Crippen LogP contribution in [0.15, 0.2) is 30.3 Å². The number of rotatable bonds is 6. The summed E-state index contributed by atoms with van der Waals surface area (Å²) < 4.78 is 14.1. The zero-order valence-corrected chi connectivity index (χ0v) is 14.3. The lowest BCUT2D eigenvalue weighted by Gasteiger charge is -2.28. The smallest absolute Gasteiger partial charge is 0.244 e. The van der Waals surface area contributed by atoms with Gasteiger partial charge in [0.25, 0.3) is 0 Å². The molecule has 1 fully saturated rings. The molecule has 1 N–H and O–H groups in total. The SMILES string of the molecule is CN(Cc1cc(C2CC2)n[nH]1)C(=O)[C@@H](c1ccccc1F)N(C)C.